The molecule has 1 amide bonds. The molecule has 0 aliphatic carbocycles. The van der Waals surface area contributed by atoms with Gasteiger partial charge in [0.05, 0.1) is 24.5 Å². The molecule has 154 valence electrons. The largest absolute Gasteiger partial charge is 0.379 e. The van der Waals surface area contributed by atoms with Crippen LogP contribution < -0.4 is 5.32 Å². The van der Waals surface area contributed by atoms with E-state index in [2.05, 4.69) is 41.4 Å². The van der Waals surface area contributed by atoms with Crippen molar-refractivity contribution in [3.8, 4) is 0 Å². The lowest BCUT2D eigenvalue weighted by Crippen LogP contribution is -2.46. The molecule has 2 fully saturated rings. The molecule has 2 aromatic rings. The molecule has 4 rings (SSSR count). The molecule has 2 aliphatic rings. The number of aryl methyl sites for hydroxylation is 1. The molecule has 2 saturated heterocycles. The van der Waals surface area contributed by atoms with Gasteiger partial charge in [-0.05, 0) is 49.9 Å². The number of anilines is 2. The number of nitrogens with one attached hydrogen (secondary N) is 1. The predicted octanol–water partition coefficient (Wildman–Crippen LogP) is 3.92. The molecule has 1 N–H and O–H groups in total. The van der Waals surface area contributed by atoms with E-state index in [0.717, 1.165) is 69.3 Å². The zero-order valence-corrected chi connectivity index (χ0v) is 17.3. The van der Waals surface area contributed by atoms with Crippen molar-refractivity contribution in [3.05, 3.63) is 59.7 Å². The minimum Gasteiger partial charge on any atom is -0.379 e. The molecule has 0 unspecified atom stereocenters. The SMILES string of the molecule is Cc1ccc(Nc2ccccc2C(=O)N2CCC[C@H](CN3CCOCC3)C2)cc1. The summed E-state index contributed by atoms with van der Waals surface area (Å²) in [5.74, 6) is 0.676. The first-order chi connectivity index (χ1) is 14.2. The van der Waals surface area contributed by atoms with E-state index in [0.29, 0.717) is 5.92 Å². The fraction of sp³-hybridized carbons (Fsp3) is 0.458. The molecule has 0 radical (unpaired) electrons. The van der Waals surface area contributed by atoms with Gasteiger partial charge in [0, 0.05) is 38.4 Å². The molecule has 2 aliphatic heterocycles. The third-order valence-corrected chi connectivity index (χ3v) is 5.91. The van der Waals surface area contributed by atoms with Gasteiger partial charge in [-0.2, -0.15) is 0 Å². The van der Waals surface area contributed by atoms with Crippen molar-refractivity contribution in [1.29, 1.82) is 0 Å². The van der Waals surface area contributed by atoms with Gasteiger partial charge in [0.25, 0.3) is 5.91 Å². The van der Waals surface area contributed by atoms with E-state index < -0.39 is 0 Å². The lowest BCUT2D eigenvalue weighted by atomic mass is 9.96. The van der Waals surface area contributed by atoms with Crippen LogP contribution in [0.4, 0.5) is 11.4 Å². The normalized spacial score (nSPS) is 20.4. The highest BCUT2D eigenvalue weighted by Crippen LogP contribution is 2.25. The summed E-state index contributed by atoms with van der Waals surface area (Å²) in [6.45, 7) is 8.50. The van der Waals surface area contributed by atoms with E-state index in [-0.39, 0.29) is 5.91 Å². The highest BCUT2D eigenvalue weighted by atomic mass is 16.5. The van der Waals surface area contributed by atoms with E-state index in [1.54, 1.807) is 0 Å². The highest BCUT2D eigenvalue weighted by molar-refractivity contribution is 6.00. The summed E-state index contributed by atoms with van der Waals surface area (Å²) >= 11 is 0. The van der Waals surface area contributed by atoms with E-state index >= 15 is 0 Å². The Kier molecular flexibility index (Phi) is 6.47. The fourth-order valence-corrected chi connectivity index (χ4v) is 4.29. The maximum Gasteiger partial charge on any atom is 0.255 e. The second-order valence-corrected chi connectivity index (χ2v) is 8.21. The molecular weight excluding hydrogens is 362 g/mol. The topological polar surface area (TPSA) is 44.8 Å². The van der Waals surface area contributed by atoms with Gasteiger partial charge in [-0.3, -0.25) is 9.69 Å². The molecule has 0 saturated carbocycles. The van der Waals surface area contributed by atoms with Gasteiger partial charge in [0.1, 0.15) is 0 Å². The molecule has 5 nitrogen and oxygen atoms in total. The Bertz CT molecular complexity index is 815. The monoisotopic (exact) mass is 393 g/mol. The summed E-state index contributed by atoms with van der Waals surface area (Å²) in [5.41, 5.74) is 3.84. The van der Waals surface area contributed by atoms with Crippen molar-refractivity contribution in [2.75, 3.05) is 51.3 Å². The third-order valence-electron chi connectivity index (χ3n) is 5.91. The standard InChI is InChI=1S/C24H31N3O2/c1-19-8-10-21(11-9-19)25-23-7-3-2-6-22(23)24(28)27-12-4-5-20(18-27)17-26-13-15-29-16-14-26/h2-3,6-11,20,25H,4-5,12-18H2,1H3/t20-/m1/s1. The number of nitrogens with zero attached hydrogens (tertiary/aromatic N) is 2. The summed E-state index contributed by atoms with van der Waals surface area (Å²) in [4.78, 5) is 17.9. The Balaban J connectivity index is 1.43. The van der Waals surface area contributed by atoms with Crippen LogP contribution in [-0.4, -0.2) is 61.6 Å². The van der Waals surface area contributed by atoms with Crippen molar-refractivity contribution in [2.24, 2.45) is 5.92 Å². The first-order valence-electron chi connectivity index (χ1n) is 10.7. The molecule has 0 bridgehead atoms. The van der Waals surface area contributed by atoms with Crippen LogP contribution in [-0.2, 0) is 4.74 Å². The lowest BCUT2D eigenvalue weighted by Gasteiger charge is -2.37. The average molecular weight is 394 g/mol. The number of hydrogen-bond acceptors (Lipinski definition) is 4. The number of carbonyl (C=O) groups excluding carboxylic acids is 1. The fourth-order valence-electron chi connectivity index (χ4n) is 4.29. The number of benzene rings is 2. The van der Waals surface area contributed by atoms with Gasteiger partial charge in [0.2, 0.25) is 0 Å². The number of para-hydroxylation sites is 1. The van der Waals surface area contributed by atoms with Gasteiger partial charge >= 0.3 is 0 Å². The van der Waals surface area contributed by atoms with E-state index in [4.69, 9.17) is 4.74 Å². The van der Waals surface area contributed by atoms with Gasteiger partial charge in [-0.1, -0.05) is 29.8 Å². The Morgan fingerprint density at radius 2 is 1.83 bits per heavy atom. The number of hydrogen-bond donors (Lipinski definition) is 1. The molecule has 0 aromatic heterocycles. The highest BCUT2D eigenvalue weighted by Gasteiger charge is 2.27. The predicted molar refractivity (Wildman–Crippen MR) is 117 cm³/mol. The second kappa shape index (κ2) is 9.42. The van der Waals surface area contributed by atoms with Crippen LogP contribution in [0.2, 0.25) is 0 Å². The number of morpholine rings is 1. The number of carbonyl (C=O) groups is 1. The summed E-state index contributed by atoms with van der Waals surface area (Å²) in [6.07, 6.45) is 2.28. The minimum absolute atomic E-state index is 0.131. The quantitative estimate of drug-likeness (QED) is 0.836. The zero-order chi connectivity index (χ0) is 20.1. The molecule has 29 heavy (non-hydrogen) atoms. The van der Waals surface area contributed by atoms with Crippen LogP contribution in [0.15, 0.2) is 48.5 Å². The Hall–Kier alpha value is -2.37. The number of ether oxygens (including phenoxy) is 1. The average Bonchev–Trinajstić information content (AvgIpc) is 2.76. The second-order valence-electron chi connectivity index (χ2n) is 8.21. The van der Waals surface area contributed by atoms with E-state index in [9.17, 15) is 4.79 Å². The maximum atomic E-state index is 13.4. The third kappa shape index (κ3) is 5.17. The van der Waals surface area contributed by atoms with Crippen LogP contribution in [0.25, 0.3) is 0 Å². The van der Waals surface area contributed by atoms with Crippen molar-refractivity contribution >= 4 is 17.3 Å². The van der Waals surface area contributed by atoms with Gasteiger partial charge in [0.15, 0.2) is 0 Å². The van der Waals surface area contributed by atoms with Crippen LogP contribution in [0.5, 0.6) is 0 Å². The summed E-state index contributed by atoms with van der Waals surface area (Å²) in [7, 11) is 0. The number of likely N-dealkylation sites (tertiary alicyclic amines) is 1. The number of piperidine rings is 1. The Morgan fingerprint density at radius 1 is 1.07 bits per heavy atom. The van der Waals surface area contributed by atoms with Crippen LogP contribution in [0.1, 0.15) is 28.8 Å². The summed E-state index contributed by atoms with van der Waals surface area (Å²) in [6, 6.07) is 16.1. The molecular formula is C24H31N3O2. The molecule has 5 heteroatoms. The van der Waals surface area contributed by atoms with Crippen molar-refractivity contribution < 1.29 is 9.53 Å². The molecule has 1 atom stereocenters. The van der Waals surface area contributed by atoms with Crippen LogP contribution in [0, 0.1) is 12.8 Å². The van der Waals surface area contributed by atoms with Crippen LogP contribution in [0.3, 0.4) is 0 Å². The van der Waals surface area contributed by atoms with Crippen molar-refractivity contribution in [2.45, 2.75) is 19.8 Å². The minimum atomic E-state index is 0.131. The first-order valence-corrected chi connectivity index (χ1v) is 10.7. The zero-order valence-electron chi connectivity index (χ0n) is 17.3. The Morgan fingerprint density at radius 3 is 2.62 bits per heavy atom. The smallest absolute Gasteiger partial charge is 0.255 e. The van der Waals surface area contributed by atoms with E-state index in [1.807, 2.05) is 29.2 Å². The maximum absolute atomic E-state index is 13.4. The number of rotatable bonds is 5. The lowest BCUT2D eigenvalue weighted by molar-refractivity contribution is 0.0224. The van der Waals surface area contributed by atoms with Gasteiger partial charge < -0.3 is 15.0 Å². The molecule has 0 spiro atoms. The molecule has 2 aromatic carbocycles. The van der Waals surface area contributed by atoms with E-state index in [1.165, 1.54) is 12.0 Å². The van der Waals surface area contributed by atoms with Gasteiger partial charge in [-0.25, -0.2) is 0 Å². The number of amides is 1. The first kappa shape index (κ1) is 19.9. The summed E-state index contributed by atoms with van der Waals surface area (Å²) in [5, 5.41) is 3.43. The van der Waals surface area contributed by atoms with Crippen molar-refractivity contribution in [3.63, 3.8) is 0 Å². The Labute approximate surface area is 173 Å². The molecule has 2 heterocycles. The van der Waals surface area contributed by atoms with Crippen molar-refractivity contribution in [1.82, 2.24) is 9.80 Å². The summed E-state index contributed by atoms with van der Waals surface area (Å²) < 4.78 is 5.46. The van der Waals surface area contributed by atoms with Crippen LogP contribution >= 0.6 is 0 Å². The van der Waals surface area contributed by atoms with Gasteiger partial charge in [-0.15, -0.1) is 0 Å².